The first-order valence-corrected chi connectivity index (χ1v) is 5.02. The summed E-state index contributed by atoms with van der Waals surface area (Å²) in [5.74, 6) is 0.915. The fourth-order valence-electron chi connectivity index (χ4n) is 1.08. The van der Waals surface area contributed by atoms with Crippen LogP contribution in [-0.4, -0.2) is 13.1 Å². The summed E-state index contributed by atoms with van der Waals surface area (Å²) in [4.78, 5) is 0. The lowest BCUT2D eigenvalue weighted by Gasteiger charge is -2.07. The summed E-state index contributed by atoms with van der Waals surface area (Å²) in [7, 11) is 0. The van der Waals surface area contributed by atoms with Crippen molar-refractivity contribution < 1.29 is 0 Å². The van der Waals surface area contributed by atoms with Crippen molar-refractivity contribution in [2.24, 2.45) is 5.92 Å². The summed E-state index contributed by atoms with van der Waals surface area (Å²) < 4.78 is 0. The molecule has 11 heavy (non-hydrogen) atoms. The minimum absolute atomic E-state index is 0.915. The van der Waals surface area contributed by atoms with Crippen LogP contribution in [0.1, 0.15) is 46.5 Å². The van der Waals surface area contributed by atoms with E-state index in [1.165, 1.54) is 38.8 Å². The molecule has 1 N–H and O–H groups in total. The average Bonchev–Trinajstić information content (AvgIpc) is 2.04. The predicted octanol–water partition coefficient (Wildman–Crippen LogP) is 2.81. The van der Waals surface area contributed by atoms with Crippen LogP contribution in [0.2, 0.25) is 0 Å². The van der Waals surface area contributed by atoms with Crippen LogP contribution in [0.25, 0.3) is 0 Å². The molecule has 0 rings (SSSR count). The topological polar surface area (TPSA) is 12.0 Å². The Morgan fingerprint density at radius 2 is 1.91 bits per heavy atom. The first-order chi connectivity index (χ1) is 5.31. The lowest BCUT2D eigenvalue weighted by Crippen LogP contribution is -2.16. The van der Waals surface area contributed by atoms with Crippen LogP contribution < -0.4 is 5.32 Å². The zero-order chi connectivity index (χ0) is 8.53. The van der Waals surface area contributed by atoms with E-state index >= 15 is 0 Å². The summed E-state index contributed by atoms with van der Waals surface area (Å²) in [6, 6.07) is 0. The van der Waals surface area contributed by atoms with E-state index in [4.69, 9.17) is 0 Å². The third kappa shape index (κ3) is 7.86. The monoisotopic (exact) mass is 157 g/mol. The Bertz CT molecular complexity index is 71.3. The van der Waals surface area contributed by atoms with Gasteiger partial charge in [-0.25, -0.2) is 0 Å². The molecule has 0 aliphatic rings. The molecule has 1 heteroatoms. The van der Waals surface area contributed by atoms with Crippen molar-refractivity contribution in [1.82, 2.24) is 5.32 Å². The molecule has 0 heterocycles. The van der Waals surface area contributed by atoms with Crippen molar-refractivity contribution in [3.63, 3.8) is 0 Å². The summed E-state index contributed by atoms with van der Waals surface area (Å²) in [6.45, 7) is 9.20. The van der Waals surface area contributed by atoms with Crippen molar-refractivity contribution >= 4 is 0 Å². The van der Waals surface area contributed by atoms with Gasteiger partial charge in [0.05, 0.1) is 0 Å². The molecule has 1 atom stereocenters. The molecule has 0 aromatic carbocycles. The highest BCUT2D eigenvalue weighted by Gasteiger charge is 1.96. The number of rotatable bonds is 7. The molecular weight excluding hydrogens is 134 g/mol. The normalized spacial score (nSPS) is 13.4. The molecule has 1 nitrogen and oxygen atoms in total. The third-order valence-electron chi connectivity index (χ3n) is 2.17. The molecular formula is C10H23N. The Balaban J connectivity index is 2.89. The molecule has 0 unspecified atom stereocenters. The number of nitrogens with one attached hydrogen (secondary N) is 1. The summed E-state index contributed by atoms with van der Waals surface area (Å²) in [5.41, 5.74) is 0. The van der Waals surface area contributed by atoms with Gasteiger partial charge in [0.1, 0.15) is 0 Å². The molecule has 0 spiro atoms. The minimum Gasteiger partial charge on any atom is -0.317 e. The molecule has 0 saturated carbocycles. The first-order valence-electron chi connectivity index (χ1n) is 5.02. The van der Waals surface area contributed by atoms with Crippen LogP contribution in [0.15, 0.2) is 0 Å². The van der Waals surface area contributed by atoms with Gasteiger partial charge in [-0.1, -0.05) is 27.2 Å². The van der Waals surface area contributed by atoms with Crippen LogP contribution in [0.4, 0.5) is 0 Å². The number of hydrogen-bond acceptors (Lipinski definition) is 1. The summed E-state index contributed by atoms with van der Waals surface area (Å²) >= 11 is 0. The molecule has 0 fully saturated rings. The van der Waals surface area contributed by atoms with Gasteiger partial charge in [0.15, 0.2) is 0 Å². The molecule has 0 bridgehead atoms. The Labute approximate surface area is 71.6 Å². The zero-order valence-electron chi connectivity index (χ0n) is 8.32. The van der Waals surface area contributed by atoms with Gasteiger partial charge in [-0.05, 0) is 38.3 Å². The Morgan fingerprint density at radius 3 is 2.45 bits per heavy atom. The van der Waals surface area contributed by atoms with Gasteiger partial charge in [-0.2, -0.15) is 0 Å². The van der Waals surface area contributed by atoms with Crippen molar-refractivity contribution in [2.45, 2.75) is 46.5 Å². The second-order valence-electron chi connectivity index (χ2n) is 3.41. The van der Waals surface area contributed by atoms with Gasteiger partial charge in [-0.15, -0.1) is 0 Å². The second-order valence-corrected chi connectivity index (χ2v) is 3.41. The second kappa shape index (κ2) is 8.06. The van der Waals surface area contributed by atoms with Crippen LogP contribution in [0.3, 0.4) is 0 Å². The van der Waals surface area contributed by atoms with E-state index in [1.54, 1.807) is 0 Å². The van der Waals surface area contributed by atoms with E-state index in [0.717, 1.165) is 5.92 Å². The molecule has 0 radical (unpaired) electrons. The van der Waals surface area contributed by atoms with Gasteiger partial charge >= 0.3 is 0 Å². The van der Waals surface area contributed by atoms with Gasteiger partial charge < -0.3 is 5.32 Å². The van der Waals surface area contributed by atoms with Crippen LogP contribution in [-0.2, 0) is 0 Å². The van der Waals surface area contributed by atoms with E-state index in [1.807, 2.05) is 0 Å². The quantitative estimate of drug-likeness (QED) is 0.560. The predicted molar refractivity (Wildman–Crippen MR) is 51.8 cm³/mol. The van der Waals surface area contributed by atoms with Crippen molar-refractivity contribution in [3.8, 4) is 0 Å². The van der Waals surface area contributed by atoms with E-state index in [0.29, 0.717) is 0 Å². The summed E-state index contributed by atoms with van der Waals surface area (Å²) in [6.07, 6.45) is 5.30. The lowest BCUT2D eigenvalue weighted by molar-refractivity contribution is 0.481. The minimum atomic E-state index is 0.915. The van der Waals surface area contributed by atoms with Crippen molar-refractivity contribution in [1.29, 1.82) is 0 Å². The maximum Gasteiger partial charge on any atom is -0.00488 e. The zero-order valence-corrected chi connectivity index (χ0v) is 8.32. The van der Waals surface area contributed by atoms with Crippen LogP contribution in [0.5, 0.6) is 0 Å². The summed E-state index contributed by atoms with van der Waals surface area (Å²) in [5, 5.41) is 3.41. The Hall–Kier alpha value is -0.0400. The standard InChI is InChI=1S/C10H23N/c1-4-8-11-9-6-7-10(3)5-2/h10-11H,4-9H2,1-3H3/t10-/m0/s1. The highest BCUT2D eigenvalue weighted by atomic mass is 14.8. The van der Waals surface area contributed by atoms with Gasteiger partial charge in [-0.3, -0.25) is 0 Å². The maximum atomic E-state index is 3.41. The van der Waals surface area contributed by atoms with E-state index in [9.17, 15) is 0 Å². The van der Waals surface area contributed by atoms with E-state index in [-0.39, 0.29) is 0 Å². The van der Waals surface area contributed by atoms with Gasteiger partial charge in [0.25, 0.3) is 0 Å². The Morgan fingerprint density at radius 1 is 1.18 bits per heavy atom. The fraction of sp³-hybridized carbons (Fsp3) is 1.00. The van der Waals surface area contributed by atoms with Crippen molar-refractivity contribution in [2.75, 3.05) is 13.1 Å². The van der Waals surface area contributed by atoms with Gasteiger partial charge in [0, 0.05) is 0 Å². The SMILES string of the molecule is CCCNCCC[C@@H](C)CC. The highest BCUT2D eigenvalue weighted by molar-refractivity contribution is 4.52. The molecule has 0 aromatic rings. The average molecular weight is 157 g/mol. The molecule has 0 aliphatic heterocycles. The maximum absolute atomic E-state index is 3.41. The van der Waals surface area contributed by atoms with Crippen molar-refractivity contribution in [3.05, 3.63) is 0 Å². The first kappa shape index (κ1) is 11.0. The Kier molecular flexibility index (Phi) is 8.03. The smallest absolute Gasteiger partial charge is 0.00488 e. The lowest BCUT2D eigenvalue weighted by atomic mass is 10.0. The fourth-order valence-corrected chi connectivity index (χ4v) is 1.08. The van der Waals surface area contributed by atoms with E-state index in [2.05, 4.69) is 26.1 Å². The van der Waals surface area contributed by atoms with Crippen LogP contribution >= 0.6 is 0 Å². The van der Waals surface area contributed by atoms with Gasteiger partial charge in [0.2, 0.25) is 0 Å². The largest absolute Gasteiger partial charge is 0.317 e. The van der Waals surface area contributed by atoms with Crippen LogP contribution in [0, 0.1) is 5.92 Å². The molecule has 0 aromatic heterocycles. The molecule has 0 aliphatic carbocycles. The van der Waals surface area contributed by atoms with E-state index < -0.39 is 0 Å². The number of hydrogen-bond donors (Lipinski definition) is 1. The molecule has 0 amide bonds. The third-order valence-corrected chi connectivity index (χ3v) is 2.17. The molecule has 68 valence electrons. The molecule has 0 saturated heterocycles. The highest BCUT2D eigenvalue weighted by Crippen LogP contribution is 2.07.